The molecule has 1 amide bonds. The summed E-state index contributed by atoms with van der Waals surface area (Å²) in [5.41, 5.74) is 0.806. The number of sulfone groups is 1. The van der Waals surface area contributed by atoms with Crippen LogP contribution in [0.4, 0.5) is 0 Å². The third-order valence-corrected chi connectivity index (χ3v) is 5.68. The molecule has 0 bridgehead atoms. The van der Waals surface area contributed by atoms with Gasteiger partial charge >= 0.3 is 0 Å². The summed E-state index contributed by atoms with van der Waals surface area (Å²) < 4.78 is 24.5. The number of hydrogen-bond donors (Lipinski definition) is 1. The van der Waals surface area contributed by atoms with Gasteiger partial charge in [0.2, 0.25) is 5.91 Å². The minimum absolute atomic E-state index is 0.123. The fraction of sp³-hybridized carbons (Fsp3) is 0.312. The van der Waals surface area contributed by atoms with Crippen molar-refractivity contribution < 1.29 is 13.2 Å². The number of H-pyrrole nitrogens is 1. The summed E-state index contributed by atoms with van der Waals surface area (Å²) >= 11 is 0. The lowest BCUT2D eigenvalue weighted by molar-refractivity contribution is -0.131. The molecule has 2 aromatic rings. The zero-order valence-electron chi connectivity index (χ0n) is 13.2. The Hall–Kier alpha value is -2.48. The first kappa shape index (κ1) is 16.4. The van der Waals surface area contributed by atoms with Gasteiger partial charge in [-0.3, -0.25) is 9.59 Å². The van der Waals surface area contributed by atoms with E-state index in [1.807, 2.05) is 0 Å². The maximum Gasteiger partial charge on any atom is 0.256 e. The van der Waals surface area contributed by atoms with E-state index in [2.05, 4.69) is 9.97 Å². The highest BCUT2D eigenvalue weighted by atomic mass is 32.2. The number of amides is 1. The molecule has 8 heteroatoms. The lowest BCUT2D eigenvalue weighted by Gasteiger charge is -2.14. The van der Waals surface area contributed by atoms with Crippen LogP contribution < -0.4 is 5.56 Å². The number of benzene rings is 1. The van der Waals surface area contributed by atoms with Crippen LogP contribution in [0.2, 0.25) is 0 Å². The van der Waals surface area contributed by atoms with Crippen LogP contribution in [0, 0.1) is 6.92 Å². The molecule has 0 radical (unpaired) electrons. The number of nitrogens with zero attached hydrogens (tertiary/aromatic N) is 2. The number of aromatic amines is 1. The largest absolute Gasteiger partial charge is 0.332 e. The predicted octanol–water partition coefficient (Wildman–Crippen LogP) is 0.785. The highest BCUT2D eigenvalue weighted by molar-refractivity contribution is 7.91. The van der Waals surface area contributed by atoms with E-state index in [1.165, 1.54) is 17.0 Å². The van der Waals surface area contributed by atoms with Crippen LogP contribution in [-0.4, -0.2) is 34.9 Å². The number of aromatic nitrogens is 2. The van der Waals surface area contributed by atoms with E-state index in [1.54, 1.807) is 25.1 Å². The Morgan fingerprint density at radius 1 is 1.25 bits per heavy atom. The maximum absolute atomic E-state index is 12.3. The van der Waals surface area contributed by atoms with Crippen molar-refractivity contribution in [2.45, 2.75) is 31.3 Å². The smallest absolute Gasteiger partial charge is 0.256 e. The van der Waals surface area contributed by atoms with Gasteiger partial charge in [0, 0.05) is 6.42 Å². The molecule has 2 heterocycles. The van der Waals surface area contributed by atoms with Gasteiger partial charge in [0.15, 0.2) is 9.84 Å². The van der Waals surface area contributed by atoms with Gasteiger partial charge < -0.3 is 9.88 Å². The van der Waals surface area contributed by atoms with E-state index < -0.39 is 9.84 Å². The van der Waals surface area contributed by atoms with E-state index in [9.17, 15) is 18.0 Å². The number of carbonyl (C=O) groups excluding carboxylic acids is 1. The van der Waals surface area contributed by atoms with E-state index in [0.717, 1.165) is 0 Å². The van der Waals surface area contributed by atoms with E-state index in [-0.39, 0.29) is 41.6 Å². The van der Waals surface area contributed by atoms with Gasteiger partial charge in [-0.15, -0.1) is 0 Å². The highest BCUT2D eigenvalue weighted by Crippen LogP contribution is 2.19. The highest BCUT2D eigenvalue weighted by Gasteiger charge is 2.28. The number of carbonyl (C=O) groups is 1. The number of nitrogens with one attached hydrogen (secondary N) is 1. The Morgan fingerprint density at radius 2 is 1.96 bits per heavy atom. The first-order valence-electron chi connectivity index (χ1n) is 7.51. The molecule has 1 aliphatic rings. The second-order valence-electron chi connectivity index (χ2n) is 5.71. The van der Waals surface area contributed by atoms with Crippen molar-refractivity contribution in [2.24, 2.45) is 0 Å². The average molecular weight is 347 g/mol. The van der Waals surface area contributed by atoms with Crippen LogP contribution in [0.25, 0.3) is 0 Å². The van der Waals surface area contributed by atoms with Crippen LogP contribution in [-0.2, 0) is 27.7 Å². The Labute approximate surface area is 139 Å². The van der Waals surface area contributed by atoms with Crippen molar-refractivity contribution in [3.8, 4) is 0 Å². The van der Waals surface area contributed by atoms with Crippen LogP contribution in [0.3, 0.4) is 0 Å². The fourth-order valence-electron chi connectivity index (χ4n) is 2.69. The predicted molar refractivity (Wildman–Crippen MR) is 87.0 cm³/mol. The van der Waals surface area contributed by atoms with Crippen molar-refractivity contribution in [1.29, 1.82) is 0 Å². The summed E-state index contributed by atoms with van der Waals surface area (Å²) in [6.45, 7) is 2.09. The molecule has 3 rings (SSSR count). The van der Waals surface area contributed by atoms with E-state index in [4.69, 9.17) is 0 Å². The van der Waals surface area contributed by atoms with Gasteiger partial charge in [-0.05, 0) is 19.1 Å². The number of aryl methyl sites for hydroxylation is 1. The SMILES string of the molecule is Cc1nc2c(c(=O)[nH]1)CN(C(=O)CCS(=O)(=O)c1ccccc1)C2. The molecule has 1 aromatic carbocycles. The molecule has 126 valence electrons. The molecule has 7 nitrogen and oxygen atoms in total. The van der Waals surface area contributed by atoms with Crippen molar-refractivity contribution >= 4 is 15.7 Å². The molecule has 1 aliphatic heterocycles. The first-order valence-corrected chi connectivity index (χ1v) is 9.16. The quantitative estimate of drug-likeness (QED) is 0.881. The summed E-state index contributed by atoms with van der Waals surface area (Å²) in [5.74, 6) is -0.0600. The first-order chi connectivity index (χ1) is 11.4. The minimum Gasteiger partial charge on any atom is -0.332 e. The van der Waals surface area contributed by atoms with Gasteiger partial charge in [-0.25, -0.2) is 13.4 Å². The van der Waals surface area contributed by atoms with Crippen LogP contribution in [0.1, 0.15) is 23.5 Å². The summed E-state index contributed by atoms with van der Waals surface area (Å²) in [7, 11) is -3.50. The zero-order valence-corrected chi connectivity index (χ0v) is 14.0. The normalized spacial score (nSPS) is 13.8. The van der Waals surface area contributed by atoms with E-state index >= 15 is 0 Å². The number of hydrogen-bond acceptors (Lipinski definition) is 5. The Balaban J connectivity index is 1.67. The Morgan fingerprint density at radius 3 is 2.67 bits per heavy atom. The van der Waals surface area contributed by atoms with Gasteiger partial charge in [0.25, 0.3) is 5.56 Å². The Bertz CT molecular complexity index is 936. The van der Waals surface area contributed by atoms with Crippen LogP contribution >= 0.6 is 0 Å². The van der Waals surface area contributed by atoms with Crippen molar-refractivity contribution in [2.75, 3.05) is 5.75 Å². The standard InChI is InChI=1S/C16H17N3O4S/c1-11-17-14-10-19(9-13(14)16(21)18-11)15(20)7-8-24(22,23)12-5-3-2-4-6-12/h2-6H,7-10H2,1H3,(H,17,18,21). The molecule has 0 fully saturated rings. The number of rotatable bonds is 4. The lowest BCUT2D eigenvalue weighted by Crippen LogP contribution is -2.28. The maximum atomic E-state index is 12.3. The molecule has 0 unspecified atom stereocenters. The van der Waals surface area contributed by atoms with Crippen LogP contribution in [0.15, 0.2) is 40.0 Å². The Kier molecular flexibility index (Phi) is 4.23. The molecule has 24 heavy (non-hydrogen) atoms. The van der Waals surface area contributed by atoms with Gasteiger partial charge in [0.1, 0.15) is 5.82 Å². The zero-order chi connectivity index (χ0) is 17.3. The molecule has 0 spiro atoms. The molecule has 0 aliphatic carbocycles. The molecule has 0 atom stereocenters. The molecule has 0 saturated heterocycles. The van der Waals surface area contributed by atoms with Crippen molar-refractivity contribution in [1.82, 2.24) is 14.9 Å². The van der Waals surface area contributed by atoms with Gasteiger partial charge in [0.05, 0.1) is 35.0 Å². The third-order valence-electron chi connectivity index (χ3n) is 3.95. The van der Waals surface area contributed by atoms with Crippen molar-refractivity contribution in [3.05, 3.63) is 57.8 Å². The van der Waals surface area contributed by atoms with Crippen LogP contribution in [0.5, 0.6) is 0 Å². The van der Waals surface area contributed by atoms with Gasteiger partial charge in [-0.1, -0.05) is 18.2 Å². The fourth-order valence-corrected chi connectivity index (χ4v) is 3.94. The molecule has 1 N–H and O–H groups in total. The van der Waals surface area contributed by atoms with E-state index in [0.29, 0.717) is 17.1 Å². The second kappa shape index (κ2) is 6.20. The second-order valence-corrected chi connectivity index (χ2v) is 7.82. The number of fused-ring (bicyclic) bond motifs is 1. The van der Waals surface area contributed by atoms with Crippen molar-refractivity contribution in [3.63, 3.8) is 0 Å². The third kappa shape index (κ3) is 3.23. The summed E-state index contributed by atoms with van der Waals surface area (Å²) in [5, 5.41) is 0. The molecular formula is C16H17N3O4S. The molecular weight excluding hydrogens is 330 g/mol. The average Bonchev–Trinajstić information content (AvgIpc) is 2.98. The monoisotopic (exact) mass is 347 g/mol. The summed E-state index contributed by atoms with van der Waals surface area (Å²) in [6.07, 6.45) is -0.123. The minimum atomic E-state index is -3.50. The van der Waals surface area contributed by atoms with Gasteiger partial charge in [-0.2, -0.15) is 0 Å². The topological polar surface area (TPSA) is 100 Å². The summed E-state index contributed by atoms with van der Waals surface area (Å²) in [6, 6.07) is 8.05. The molecule has 0 saturated carbocycles. The lowest BCUT2D eigenvalue weighted by atomic mass is 10.3. The summed E-state index contributed by atoms with van der Waals surface area (Å²) in [4.78, 5) is 32.7. The molecule has 1 aromatic heterocycles.